The van der Waals surface area contributed by atoms with Crippen LogP contribution in [0.25, 0.3) is 0 Å². The Balaban J connectivity index is 2.36. The Hall–Kier alpha value is -0.860. The van der Waals surface area contributed by atoms with Crippen molar-refractivity contribution in [3.63, 3.8) is 0 Å². The average Bonchev–Trinajstić information content (AvgIpc) is 2.23. The van der Waals surface area contributed by atoms with Gasteiger partial charge < -0.3 is 10.6 Å². The van der Waals surface area contributed by atoms with E-state index in [4.69, 9.17) is 0 Å². The molecule has 0 aliphatic heterocycles. The minimum absolute atomic E-state index is 0.202. The van der Waals surface area contributed by atoms with Gasteiger partial charge in [0.05, 0.1) is 0 Å². The van der Waals surface area contributed by atoms with Crippen LogP contribution in [0.2, 0.25) is 0 Å². The second-order valence-corrected chi connectivity index (χ2v) is 5.71. The number of hydrogen-bond acceptors (Lipinski definition) is 2. The molecule has 0 radical (unpaired) electrons. The first-order chi connectivity index (χ1) is 7.90. The minimum atomic E-state index is 0.202. The van der Waals surface area contributed by atoms with Gasteiger partial charge in [-0.05, 0) is 45.7 Å². The summed E-state index contributed by atoms with van der Waals surface area (Å²) in [7, 11) is 0. The zero-order valence-electron chi connectivity index (χ0n) is 11.8. The van der Waals surface area contributed by atoms with E-state index < -0.39 is 0 Å². The fourth-order valence-electron chi connectivity index (χ4n) is 1.91. The molecule has 0 bridgehead atoms. The Bertz CT molecular complexity index is 339. The normalized spacial score (nSPS) is 13.7. The Kier molecular flexibility index (Phi) is 5.16. The Morgan fingerprint density at radius 2 is 1.76 bits per heavy atom. The predicted octanol–water partition coefficient (Wildman–Crippen LogP) is 3.03. The second-order valence-electron chi connectivity index (χ2n) is 5.71. The number of nitrogens with one attached hydrogen (secondary N) is 2. The molecule has 0 spiro atoms. The number of aryl methyl sites for hydroxylation is 1. The Morgan fingerprint density at radius 3 is 2.35 bits per heavy atom. The summed E-state index contributed by atoms with van der Waals surface area (Å²) in [6, 6.07) is 8.98. The molecule has 2 nitrogen and oxygen atoms in total. The molecule has 2 N–H and O–H groups in total. The minimum Gasteiger partial charge on any atom is -0.311 e. The van der Waals surface area contributed by atoms with Crippen LogP contribution in [0.5, 0.6) is 0 Å². The van der Waals surface area contributed by atoms with E-state index in [1.807, 2.05) is 0 Å². The molecule has 17 heavy (non-hydrogen) atoms. The first-order valence-electron chi connectivity index (χ1n) is 6.44. The zero-order chi connectivity index (χ0) is 12.9. The molecule has 1 rings (SSSR count). The van der Waals surface area contributed by atoms with Crippen LogP contribution >= 0.6 is 0 Å². The highest BCUT2D eigenvalue weighted by Crippen LogP contribution is 2.15. The third kappa shape index (κ3) is 5.33. The van der Waals surface area contributed by atoms with Crippen LogP contribution in [0, 0.1) is 6.92 Å². The van der Waals surface area contributed by atoms with Crippen LogP contribution < -0.4 is 10.6 Å². The van der Waals surface area contributed by atoms with E-state index in [-0.39, 0.29) is 5.54 Å². The van der Waals surface area contributed by atoms with Gasteiger partial charge in [0.15, 0.2) is 0 Å². The molecule has 1 atom stereocenters. The highest BCUT2D eigenvalue weighted by Gasteiger charge is 2.09. The van der Waals surface area contributed by atoms with Crippen molar-refractivity contribution >= 4 is 0 Å². The van der Waals surface area contributed by atoms with E-state index in [0.29, 0.717) is 6.04 Å². The van der Waals surface area contributed by atoms with E-state index in [0.717, 1.165) is 13.1 Å². The van der Waals surface area contributed by atoms with Crippen molar-refractivity contribution < 1.29 is 0 Å². The van der Waals surface area contributed by atoms with Crippen molar-refractivity contribution in [2.45, 2.75) is 46.2 Å². The summed E-state index contributed by atoms with van der Waals surface area (Å²) in [6.45, 7) is 13.0. The molecule has 0 aromatic heterocycles. The summed E-state index contributed by atoms with van der Waals surface area (Å²) in [5, 5.41) is 7.03. The van der Waals surface area contributed by atoms with Crippen molar-refractivity contribution in [1.82, 2.24) is 10.6 Å². The summed E-state index contributed by atoms with van der Waals surface area (Å²) in [4.78, 5) is 0. The average molecular weight is 234 g/mol. The molecule has 0 saturated carbocycles. The fraction of sp³-hybridized carbons (Fsp3) is 0.600. The number of benzene rings is 1. The van der Waals surface area contributed by atoms with Gasteiger partial charge in [-0.1, -0.05) is 24.3 Å². The third-order valence-corrected chi connectivity index (χ3v) is 2.89. The molecule has 1 unspecified atom stereocenters. The van der Waals surface area contributed by atoms with Crippen molar-refractivity contribution in [3.8, 4) is 0 Å². The third-order valence-electron chi connectivity index (χ3n) is 2.89. The lowest BCUT2D eigenvalue weighted by atomic mass is 10.0. The van der Waals surface area contributed by atoms with Gasteiger partial charge in [0.2, 0.25) is 0 Å². The van der Waals surface area contributed by atoms with Crippen LogP contribution in [-0.2, 0) is 0 Å². The van der Waals surface area contributed by atoms with Crippen LogP contribution in [0.1, 0.15) is 44.9 Å². The zero-order valence-corrected chi connectivity index (χ0v) is 11.8. The molecule has 0 aliphatic carbocycles. The maximum absolute atomic E-state index is 3.55. The van der Waals surface area contributed by atoms with Crippen molar-refractivity contribution in [2.75, 3.05) is 13.1 Å². The van der Waals surface area contributed by atoms with Gasteiger partial charge in [-0.2, -0.15) is 0 Å². The van der Waals surface area contributed by atoms with Gasteiger partial charge >= 0.3 is 0 Å². The molecular weight excluding hydrogens is 208 g/mol. The van der Waals surface area contributed by atoms with Gasteiger partial charge in [0, 0.05) is 24.7 Å². The molecule has 96 valence electrons. The Labute approximate surface area is 106 Å². The summed E-state index contributed by atoms with van der Waals surface area (Å²) >= 11 is 0. The van der Waals surface area contributed by atoms with E-state index in [1.165, 1.54) is 11.1 Å². The van der Waals surface area contributed by atoms with Crippen LogP contribution in [-0.4, -0.2) is 18.6 Å². The van der Waals surface area contributed by atoms with Crippen LogP contribution in [0.3, 0.4) is 0 Å². The first kappa shape index (κ1) is 14.2. The van der Waals surface area contributed by atoms with E-state index >= 15 is 0 Å². The lowest BCUT2D eigenvalue weighted by Crippen LogP contribution is -2.40. The fourth-order valence-corrected chi connectivity index (χ4v) is 1.91. The lowest BCUT2D eigenvalue weighted by Gasteiger charge is -2.22. The quantitative estimate of drug-likeness (QED) is 0.765. The Morgan fingerprint density at radius 1 is 1.12 bits per heavy atom. The highest BCUT2D eigenvalue weighted by molar-refractivity contribution is 5.28. The van der Waals surface area contributed by atoms with Gasteiger partial charge in [-0.15, -0.1) is 0 Å². The van der Waals surface area contributed by atoms with Gasteiger partial charge in [0.25, 0.3) is 0 Å². The summed E-state index contributed by atoms with van der Waals surface area (Å²) in [6.07, 6.45) is 0. The topological polar surface area (TPSA) is 24.1 Å². The molecule has 1 aromatic carbocycles. The molecule has 1 aromatic rings. The molecule has 0 heterocycles. The monoisotopic (exact) mass is 234 g/mol. The molecule has 0 amide bonds. The van der Waals surface area contributed by atoms with E-state index in [1.54, 1.807) is 0 Å². The smallest absolute Gasteiger partial charge is 0.0294 e. The summed E-state index contributed by atoms with van der Waals surface area (Å²) < 4.78 is 0. The van der Waals surface area contributed by atoms with E-state index in [9.17, 15) is 0 Å². The molecule has 0 saturated heterocycles. The molecule has 2 heteroatoms. The molecular formula is C15H26N2. The SMILES string of the molecule is Cc1ccccc1C(C)NCCNC(C)(C)C. The van der Waals surface area contributed by atoms with Crippen molar-refractivity contribution in [1.29, 1.82) is 0 Å². The van der Waals surface area contributed by atoms with Crippen molar-refractivity contribution in [3.05, 3.63) is 35.4 Å². The van der Waals surface area contributed by atoms with Gasteiger partial charge in [-0.25, -0.2) is 0 Å². The van der Waals surface area contributed by atoms with Gasteiger partial charge in [-0.3, -0.25) is 0 Å². The predicted molar refractivity (Wildman–Crippen MR) is 75.4 cm³/mol. The second kappa shape index (κ2) is 6.18. The van der Waals surface area contributed by atoms with Crippen molar-refractivity contribution in [2.24, 2.45) is 0 Å². The molecule has 0 aliphatic rings. The summed E-state index contributed by atoms with van der Waals surface area (Å²) in [5.41, 5.74) is 2.95. The number of rotatable bonds is 5. The first-order valence-corrected chi connectivity index (χ1v) is 6.44. The van der Waals surface area contributed by atoms with E-state index in [2.05, 4.69) is 69.5 Å². The summed E-state index contributed by atoms with van der Waals surface area (Å²) in [5.74, 6) is 0. The van der Waals surface area contributed by atoms with Gasteiger partial charge in [0.1, 0.15) is 0 Å². The highest BCUT2D eigenvalue weighted by atomic mass is 15.0. The largest absolute Gasteiger partial charge is 0.311 e. The van der Waals surface area contributed by atoms with Crippen LogP contribution in [0.4, 0.5) is 0 Å². The standard InChI is InChI=1S/C15H26N2/c1-12-8-6-7-9-14(12)13(2)16-10-11-17-15(3,4)5/h6-9,13,16-17H,10-11H2,1-5H3. The number of hydrogen-bond donors (Lipinski definition) is 2. The molecule has 0 fully saturated rings. The maximum Gasteiger partial charge on any atom is 0.0294 e. The lowest BCUT2D eigenvalue weighted by molar-refractivity contribution is 0.414. The van der Waals surface area contributed by atoms with Crippen LogP contribution in [0.15, 0.2) is 24.3 Å². The maximum atomic E-state index is 3.55.